The molecule has 2 aromatic rings. The molecule has 0 saturated heterocycles. The van der Waals surface area contributed by atoms with Crippen LogP contribution in [0.4, 0.5) is 0 Å². The van der Waals surface area contributed by atoms with Gasteiger partial charge in [0.15, 0.2) is 6.61 Å². The summed E-state index contributed by atoms with van der Waals surface area (Å²) in [4.78, 5) is 36.4. The number of halogens is 2. The van der Waals surface area contributed by atoms with Gasteiger partial charge < -0.3 is 4.74 Å². The number of benzene rings is 2. The third kappa shape index (κ3) is 5.66. The molecule has 0 fully saturated rings. The molecule has 2 aromatic carbocycles. The highest BCUT2D eigenvalue weighted by molar-refractivity contribution is 7.98. The number of hydrazine groups is 1. The van der Waals surface area contributed by atoms with E-state index in [4.69, 9.17) is 27.9 Å². The summed E-state index contributed by atoms with van der Waals surface area (Å²) in [5.41, 5.74) is 4.84. The summed E-state index contributed by atoms with van der Waals surface area (Å²) in [6.45, 7) is -0.570. The summed E-state index contributed by atoms with van der Waals surface area (Å²) in [7, 11) is 0. The number of hydrogen-bond acceptors (Lipinski definition) is 5. The summed E-state index contributed by atoms with van der Waals surface area (Å²) in [5.74, 6) is -1.96. The lowest BCUT2D eigenvalue weighted by atomic mass is 10.2. The standard InChI is InChI=1S/C17H14Cl2N2O4S/c1-26-12-6-7-14(19)13(8-12)17(24)25-9-15(22)20-21-16(23)10-2-4-11(18)5-3-10/h2-8H,9H2,1H3,(H,20,22)(H,21,23). The Hall–Kier alpha value is -2.22. The number of amides is 2. The van der Waals surface area contributed by atoms with E-state index in [1.165, 1.54) is 23.9 Å². The van der Waals surface area contributed by atoms with Crippen LogP contribution in [-0.4, -0.2) is 30.6 Å². The van der Waals surface area contributed by atoms with Crippen molar-refractivity contribution in [1.82, 2.24) is 10.9 Å². The molecule has 6 nitrogen and oxygen atoms in total. The van der Waals surface area contributed by atoms with Crippen molar-refractivity contribution in [3.8, 4) is 0 Å². The lowest BCUT2D eigenvalue weighted by molar-refractivity contribution is -0.125. The van der Waals surface area contributed by atoms with E-state index in [0.29, 0.717) is 10.6 Å². The lowest BCUT2D eigenvalue weighted by Crippen LogP contribution is -2.43. The van der Waals surface area contributed by atoms with Gasteiger partial charge in [0, 0.05) is 15.5 Å². The Morgan fingerprint density at radius 3 is 2.38 bits per heavy atom. The molecular formula is C17H14Cl2N2O4S. The van der Waals surface area contributed by atoms with E-state index >= 15 is 0 Å². The Kier molecular flexibility index (Phi) is 7.32. The second-order valence-corrected chi connectivity index (χ2v) is 6.65. The van der Waals surface area contributed by atoms with Crippen LogP contribution in [0.1, 0.15) is 20.7 Å². The molecular weight excluding hydrogens is 399 g/mol. The number of carbonyl (C=O) groups is 3. The Morgan fingerprint density at radius 2 is 1.73 bits per heavy atom. The van der Waals surface area contributed by atoms with Crippen molar-refractivity contribution in [1.29, 1.82) is 0 Å². The van der Waals surface area contributed by atoms with E-state index in [1.807, 2.05) is 6.26 Å². The molecule has 0 spiro atoms. The quantitative estimate of drug-likeness (QED) is 0.446. The van der Waals surface area contributed by atoms with Gasteiger partial charge in [-0.3, -0.25) is 20.4 Å². The molecule has 0 heterocycles. The zero-order valence-corrected chi connectivity index (χ0v) is 15.9. The summed E-state index contributed by atoms with van der Waals surface area (Å²) < 4.78 is 4.91. The molecule has 9 heteroatoms. The second-order valence-electron chi connectivity index (χ2n) is 4.93. The van der Waals surface area contributed by atoms with E-state index in [0.717, 1.165) is 4.90 Å². The molecule has 26 heavy (non-hydrogen) atoms. The normalized spacial score (nSPS) is 10.1. The van der Waals surface area contributed by atoms with Gasteiger partial charge in [-0.05, 0) is 48.7 Å². The first-order valence-corrected chi connectivity index (χ1v) is 9.24. The van der Waals surface area contributed by atoms with Gasteiger partial charge in [-0.25, -0.2) is 4.79 Å². The van der Waals surface area contributed by atoms with Gasteiger partial charge in [0.05, 0.1) is 10.6 Å². The lowest BCUT2D eigenvalue weighted by Gasteiger charge is -2.09. The predicted octanol–water partition coefficient (Wildman–Crippen LogP) is 3.33. The third-order valence-electron chi connectivity index (χ3n) is 3.15. The van der Waals surface area contributed by atoms with E-state index < -0.39 is 24.4 Å². The Balaban J connectivity index is 1.84. The van der Waals surface area contributed by atoms with Gasteiger partial charge in [0.25, 0.3) is 11.8 Å². The number of ether oxygens (including phenoxy) is 1. The van der Waals surface area contributed by atoms with Crippen LogP contribution in [0, 0.1) is 0 Å². The molecule has 136 valence electrons. The molecule has 0 unspecified atom stereocenters. The van der Waals surface area contributed by atoms with Gasteiger partial charge in [-0.15, -0.1) is 11.8 Å². The molecule has 2 rings (SSSR count). The second kappa shape index (κ2) is 9.47. The first-order chi connectivity index (χ1) is 12.4. The van der Waals surface area contributed by atoms with Crippen LogP contribution in [0.2, 0.25) is 10.0 Å². The molecule has 0 bridgehead atoms. The van der Waals surface area contributed by atoms with Crippen LogP contribution >= 0.6 is 35.0 Å². The Morgan fingerprint density at radius 1 is 1.04 bits per heavy atom. The van der Waals surface area contributed by atoms with Crippen molar-refractivity contribution >= 4 is 52.7 Å². The number of nitrogens with one attached hydrogen (secondary N) is 2. The highest BCUT2D eigenvalue weighted by Crippen LogP contribution is 2.23. The van der Waals surface area contributed by atoms with Crippen molar-refractivity contribution in [3.05, 3.63) is 63.6 Å². The first-order valence-electron chi connectivity index (χ1n) is 7.26. The highest BCUT2D eigenvalue weighted by atomic mass is 35.5. The smallest absolute Gasteiger partial charge is 0.340 e. The van der Waals surface area contributed by atoms with Crippen LogP contribution < -0.4 is 10.9 Å². The summed E-state index contributed by atoms with van der Waals surface area (Å²) in [6.07, 6.45) is 1.86. The number of carbonyl (C=O) groups excluding carboxylic acids is 3. The molecule has 0 saturated carbocycles. The van der Waals surface area contributed by atoms with E-state index in [2.05, 4.69) is 10.9 Å². The topological polar surface area (TPSA) is 84.5 Å². The average molecular weight is 413 g/mol. The van der Waals surface area contributed by atoms with Crippen molar-refractivity contribution in [3.63, 3.8) is 0 Å². The van der Waals surface area contributed by atoms with Gasteiger partial charge in [-0.1, -0.05) is 23.2 Å². The minimum Gasteiger partial charge on any atom is -0.452 e. The zero-order valence-electron chi connectivity index (χ0n) is 13.5. The van der Waals surface area contributed by atoms with Crippen molar-refractivity contribution < 1.29 is 19.1 Å². The van der Waals surface area contributed by atoms with Crippen LogP contribution in [-0.2, 0) is 9.53 Å². The fraction of sp³-hybridized carbons (Fsp3) is 0.118. The molecule has 0 aliphatic rings. The summed E-state index contributed by atoms with van der Waals surface area (Å²) >= 11 is 13.1. The van der Waals surface area contributed by atoms with Gasteiger partial charge in [0.1, 0.15) is 0 Å². The van der Waals surface area contributed by atoms with Crippen LogP contribution in [0.5, 0.6) is 0 Å². The Bertz CT molecular complexity index is 828. The largest absolute Gasteiger partial charge is 0.452 e. The first kappa shape index (κ1) is 20.1. The van der Waals surface area contributed by atoms with Gasteiger partial charge in [-0.2, -0.15) is 0 Å². The maximum Gasteiger partial charge on any atom is 0.340 e. The molecule has 0 atom stereocenters. The number of esters is 1. The summed E-state index contributed by atoms with van der Waals surface area (Å²) in [6, 6.07) is 11.0. The molecule has 0 aliphatic heterocycles. The number of rotatable bonds is 5. The maximum absolute atomic E-state index is 12.0. The minimum atomic E-state index is -0.731. The molecule has 0 aliphatic carbocycles. The maximum atomic E-state index is 12.0. The monoisotopic (exact) mass is 412 g/mol. The van der Waals surface area contributed by atoms with E-state index in [-0.39, 0.29) is 10.6 Å². The fourth-order valence-corrected chi connectivity index (χ4v) is 2.59. The van der Waals surface area contributed by atoms with E-state index in [9.17, 15) is 14.4 Å². The van der Waals surface area contributed by atoms with Gasteiger partial charge >= 0.3 is 5.97 Å². The molecule has 0 aromatic heterocycles. The number of hydrogen-bond donors (Lipinski definition) is 2. The Labute approximate surface area is 164 Å². The predicted molar refractivity (Wildman–Crippen MR) is 101 cm³/mol. The molecule has 0 radical (unpaired) electrons. The highest BCUT2D eigenvalue weighted by Gasteiger charge is 2.15. The summed E-state index contributed by atoms with van der Waals surface area (Å²) in [5, 5.41) is 0.714. The van der Waals surface area contributed by atoms with Crippen LogP contribution in [0.15, 0.2) is 47.4 Å². The fourth-order valence-electron chi connectivity index (χ4n) is 1.83. The average Bonchev–Trinajstić information content (AvgIpc) is 2.65. The van der Waals surface area contributed by atoms with Crippen molar-refractivity contribution in [2.24, 2.45) is 0 Å². The number of thioether (sulfide) groups is 1. The van der Waals surface area contributed by atoms with Crippen LogP contribution in [0.3, 0.4) is 0 Å². The third-order valence-corrected chi connectivity index (χ3v) is 4.46. The molecule has 2 N–H and O–H groups in total. The van der Waals surface area contributed by atoms with Gasteiger partial charge in [0.2, 0.25) is 0 Å². The molecule has 2 amide bonds. The minimum absolute atomic E-state index is 0.163. The van der Waals surface area contributed by atoms with E-state index in [1.54, 1.807) is 30.3 Å². The zero-order chi connectivity index (χ0) is 19.1. The van der Waals surface area contributed by atoms with Crippen LogP contribution in [0.25, 0.3) is 0 Å². The van der Waals surface area contributed by atoms with Crippen molar-refractivity contribution in [2.75, 3.05) is 12.9 Å². The van der Waals surface area contributed by atoms with Crippen molar-refractivity contribution in [2.45, 2.75) is 4.90 Å². The SMILES string of the molecule is CSc1ccc(Cl)c(C(=O)OCC(=O)NNC(=O)c2ccc(Cl)cc2)c1.